The van der Waals surface area contributed by atoms with Crippen LogP contribution < -0.4 is 5.73 Å². The third-order valence-electron chi connectivity index (χ3n) is 3.08. The van der Waals surface area contributed by atoms with Crippen molar-refractivity contribution in [3.8, 4) is 0 Å². The van der Waals surface area contributed by atoms with E-state index in [0.29, 0.717) is 11.9 Å². The maximum Gasteiger partial charge on any atom is 0.125 e. The summed E-state index contributed by atoms with van der Waals surface area (Å²) in [5, 5.41) is 0.775. The highest BCUT2D eigenvalue weighted by molar-refractivity contribution is 7.99. The largest absolute Gasteiger partial charge is 0.383 e. The van der Waals surface area contributed by atoms with Crippen molar-refractivity contribution in [1.29, 1.82) is 0 Å². The number of benzene rings is 1. The van der Waals surface area contributed by atoms with Crippen LogP contribution in [0.3, 0.4) is 0 Å². The quantitative estimate of drug-likeness (QED) is 0.645. The second-order valence-electron chi connectivity index (χ2n) is 4.20. The minimum atomic E-state index is 0.428. The zero-order chi connectivity index (χ0) is 11.4. The van der Waals surface area contributed by atoms with Gasteiger partial charge in [-0.1, -0.05) is 30.3 Å². The summed E-state index contributed by atoms with van der Waals surface area (Å²) in [4.78, 5) is 4.63. The summed E-state index contributed by atoms with van der Waals surface area (Å²) >= 11 is 1.95. The van der Waals surface area contributed by atoms with Crippen molar-refractivity contribution < 1.29 is 0 Å². The summed E-state index contributed by atoms with van der Waals surface area (Å²) in [6.07, 6.45) is 5.81. The fraction of sp³-hybridized carbons (Fsp3) is 0.462. The maximum absolute atomic E-state index is 6.00. The predicted molar refractivity (Wildman–Crippen MR) is 72.1 cm³/mol. The van der Waals surface area contributed by atoms with Gasteiger partial charge in [-0.15, -0.1) is 0 Å². The first-order valence-electron chi connectivity index (χ1n) is 5.71. The highest BCUT2D eigenvalue weighted by Gasteiger charge is 2.23. The van der Waals surface area contributed by atoms with Gasteiger partial charge in [0.2, 0.25) is 0 Å². The number of nitrogens with zero attached hydrogens (tertiary/aromatic N) is 1. The third-order valence-corrected chi connectivity index (χ3v) is 4.18. The topological polar surface area (TPSA) is 38.4 Å². The standard InChI is InChI=1S/C13H18N2S/c1-16-12-8-7-11(9-12)15-13(14)10-5-3-2-4-6-10/h2-6,11-12H,7-9H2,1H3,(H2,14,15). The van der Waals surface area contributed by atoms with Crippen LogP contribution in [0.15, 0.2) is 35.3 Å². The summed E-state index contributed by atoms with van der Waals surface area (Å²) in [7, 11) is 0. The van der Waals surface area contributed by atoms with Gasteiger partial charge in [-0.3, -0.25) is 4.99 Å². The molecule has 2 atom stereocenters. The summed E-state index contributed by atoms with van der Waals surface area (Å²) in [5.41, 5.74) is 7.04. The van der Waals surface area contributed by atoms with E-state index in [9.17, 15) is 0 Å². The van der Waals surface area contributed by atoms with Crippen molar-refractivity contribution >= 4 is 17.6 Å². The highest BCUT2D eigenvalue weighted by Crippen LogP contribution is 2.30. The fourth-order valence-electron chi connectivity index (χ4n) is 2.13. The lowest BCUT2D eigenvalue weighted by Gasteiger charge is -2.07. The summed E-state index contributed by atoms with van der Waals surface area (Å²) in [5.74, 6) is 0.687. The molecule has 0 saturated heterocycles. The average Bonchev–Trinajstić information content (AvgIpc) is 2.78. The normalized spacial score (nSPS) is 25.9. The Balaban J connectivity index is 2.02. The third kappa shape index (κ3) is 2.79. The van der Waals surface area contributed by atoms with Crippen molar-refractivity contribution in [3.05, 3.63) is 35.9 Å². The smallest absolute Gasteiger partial charge is 0.125 e. The molecule has 3 heteroatoms. The number of rotatable bonds is 3. The molecule has 0 amide bonds. The molecule has 1 aliphatic rings. The van der Waals surface area contributed by atoms with E-state index in [1.54, 1.807) is 0 Å². The van der Waals surface area contributed by atoms with Gasteiger partial charge in [0, 0.05) is 10.8 Å². The van der Waals surface area contributed by atoms with Crippen LogP contribution in [0.25, 0.3) is 0 Å². The van der Waals surface area contributed by atoms with E-state index in [1.807, 2.05) is 42.1 Å². The number of hydrogen-bond donors (Lipinski definition) is 1. The first-order chi connectivity index (χ1) is 7.79. The Morgan fingerprint density at radius 2 is 2.06 bits per heavy atom. The van der Waals surface area contributed by atoms with Gasteiger partial charge in [-0.2, -0.15) is 11.8 Å². The van der Waals surface area contributed by atoms with Crippen LogP contribution in [0.1, 0.15) is 24.8 Å². The van der Waals surface area contributed by atoms with Gasteiger partial charge < -0.3 is 5.73 Å². The Morgan fingerprint density at radius 1 is 1.31 bits per heavy atom. The molecule has 0 bridgehead atoms. The summed E-state index contributed by atoms with van der Waals surface area (Å²) in [6, 6.07) is 10.4. The van der Waals surface area contributed by atoms with Crippen LogP contribution in [-0.2, 0) is 0 Å². The van der Waals surface area contributed by atoms with E-state index in [4.69, 9.17) is 5.73 Å². The molecule has 1 aliphatic carbocycles. The molecular weight excluding hydrogens is 216 g/mol. The van der Waals surface area contributed by atoms with Crippen LogP contribution in [-0.4, -0.2) is 23.4 Å². The molecule has 1 aromatic carbocycles. The lowest BCUT2D eigenvalue weighted by atomic mass is 10.2. The molecule has 2 rings (SSSR count). The van der Waals surface area contributed by atoms with E-state index < -0.39 is 0 Å². The lowest BCUT2D eigenvalue weighted by molar-refractivity contribution is 0.707. The van der Waals surface area contributed by atoms with E-state index in [1.165, 1.54) is 19.3 Å². The Bertz CT molecular complexity index is 361. The molecule has 2 nitrogen and oxygen atoms in total. The zero-order valence-corrected chi connectivity index (χ0v) is 10.4. The summed E-state index contributed by atoms with van der Waals surface area (Å²) in [6.45, 7) is 0. The molecule has 86 valence electrons. The molecule has 2 unspecified atom stereocenters. The number of thioether (sulfide) groups is 1. The molecule has 1 fully saturated rings. The predicted octanol–water partition coefficient (Wildman–Crippen LogP) is 2.68. The zero-order valence-electron chi connectivity index (χ0n) is 9.60. The first kappa shape index (κ1) is 11.5. The van der Waals surface area contributed by atoms with Gasteiger partial charge in [0.1, 0.15) is 5.84 Å². The maximum atomic E-state index is 6.00. The van der Waals surface area contributed by atoms with Gasteiger partial charge >= 0.3 is 0 Å². The van der Waals surface area contributed by atoms with Crippen molar-refractivity contribution in [1.82, 2.24) is 0 Å². The Morgan fingerprint density at radius 3 is 2.69 bits per heavy atom. The highest BCUT2D eigenvalue weighted by atomic mass is 32.2. The van der Waals surface area contributed by atoms with Gasteiger partial charge in [-0.25, -0.2) is 0 Å². The van der Waals surface area contributed by atoms with Crippen LogP contribution in [0.4, 0.5) is 0 Å². The number of amidine groups is 1. The summed E-state index contributed by atoms with van der Waals surface area (Å²) < 4.78 is 0. The van der Waals surface area contributed by atoms with Crippen molar-refractivity contribution in [3.63, 3.8) is 0 Å². The van der Waals surface area contributed by atoms with Gasteiger partial charge in [0.05, 0.1) is 6.04 Å². The van der Waals surface area contributed by atoms with Crippen LogP contribution in [0.2, 0.25) is 0 Å². The van der Waals surface area contributed by atoms with Crippen LogP contribution >= 0.6 is 11.8 Å². The van der Waals surface area contributed by atoms with E-state index >= 15 is 0 Å². The molecule has 1 aromatic rings. The second kappa shape index (κ2) is 5.39. The van der Waals surface area contributed by atoms with Crippen molar-refractivity contribution in [2.75, 3.05) is 6.26 Å². The molecule has 2 N–H and O–H groups in total. The molecule has 0 aliphatic heterocycles. The van der Waals surface area contributed by atoms with E-state index in [-0.39, 0.29) is 0 Å². The number of nitrogens with two attached hydrogens (primary N) is 1. The monoisotopic (exact) mass is 234 g/mol. The molecule has 0 heterocycles. The van der Waals surface area contributed by atoms with Crippen molar-refractivity contribution in [2.45, 2.75) is 30.6 Å². The first-order valence-corrected chi connectivity index (χ1v) is 7.00. The average molecular weight is 234 g/mol. The molecule has 1 saturated carbocycles. The molecule has 0 aromatic heterocycles. The van der Waals surface area contributed by atoms with Crippen molar-refractivity contribution in [2.24, 2.45) is 10.7 Å². The minimum Gasteiger partial charge on any atom is -0.383 e. The fourth-order valence-corrected chi connectivity index (χ4v) is 2.92. The van der Waals surface area contributed by atoms with Gasteiger partial charge in [-0.05, 0) is 25.5 Å². The lowest BCUT2D eigenvalue weighted by Crippen LogP contribution is -2.16. The molecule has 16 heavy (non-hydrogen) atoms. The van der Waals surface area contributed by atoms with Gasteiger partial charge in [0.15, 0.2) is 0 Å². The number of aliphatic imine (C=N–C) groups is 1. The van der Waals surface area contributed by atoms with Crippen LogP contribution in [0, 0.1) is 0 Å². The molecular formula is C13H18N2S. The molecule has 0 spiro atoms. The Kier molecular flexibility index (Phi) is 3.88. The van der Waals surface area contributed by atoms with E-state index in [0.717, 1.165) is 10.8 Å². The SMILES string of the molecule is CSC1CCC(N=C(N)c2ccccc2)C1. The Hall–Kier alpha value is -0.960. The van der Waals surface area contributed by atoms with Gasteiger partial charge in [0.25, 0.3) is 0 Å². The second-order valence-corrected chi connectivity index (χ2v) is 5.34. The Labute approximate surface area is 101 Å². The number of hydrogen-bond acceptors (Lipinski definition) is 2. The minimum absolute atomic E-state index is 0.428. The van der Waals surface area contributed by atoms with E-state index in [2.05, 4.69) is 11.2 Å². The van der Waals surface area contributed by atoms with Crippen LogP contribution in [0.5, 0.6) is 0 Å². The molecule has 0 radical (unpaired) electrons.